The Bertz CT molecular complexity index is 875. The van der Waals surface area contributed by atoms with Crippen molar-refractivity contribution >= 4 is 23.3 Å². The smallest absolute Gasteiger partial charge is 0.321 e. The Balaban J connectivity index is 1.45. The number of hydrogen-bond acceptors (Lipinski definition) is 3. The average Bonchev–Trinajstić information content (AvgIpc) is 2.82. The molecule has 1 fully saturated rings. The lowest BCUT2D eigenvalue weighted by atomic mass is 10.1. The summed E-state index contributed by atoms with van der Waals surface area (Å²) in [6, 6.07) is 17.2. The number of benzene rings is 2. The fraction of sp³-hybridized carbons (Fsp3) is 0.481. The highest BCUT2D eigenvalue weighted by atomic mass is 16.5. The van der Waals surface area contributed by atoms with Crippen LogP contribution >= 0.6 is 0 Å². The highest BCUT2D eigenvalue weighted by molar-refractivity contribution is 5.95. The Morgan fingerprint density at radius 1 is 1.06 bits per heavy atom. The normalized spacial score (nSPS) is 14.4. The number of ether oxygens (including phenoxy) is 1. The van der Waals surface area contributed by atoms with Gasteiger partial charge < -0.3 is 19.9 Å². The van der Waals surface area contributed by atoms with E-state index in [0.717, 1.165) is 42.8 Å². The number of nitrogens with one attached hydrogen (secondary N) is 1. The first-order valence-electron chi connectivity index (χ1n) is 12.1. The van der Waals surface area contributed by atoms with Crippen molar-refractivity contribution in [3.63, 3.8) is 0 Å². The summed E-state index contributed by atoms with van der Waals surface area (Å²) < 4.78 is 5.95. The van der Waals surface area contributed by atoms with Crippen LogP contribution in [0.3, 0.4) is 0 Å². The van der Waals surface area contributed by atoms with Crippen molar-refractivity contribution in [1.82, 2.24) is 4.90 Å². The van der Waals surface area contributed by atoms with Gasteiger partial charge in [0.05, 0.1) is 12.5 Å². The minimum Gasteiger partial charge on any atom is -0.378 e. The zero-order chi connectivity index (χ0) is 23.6. The lowest BCUT2D eigenvalue weighted by Crippen LogP contribution is -2.43. The second-order valence-corrected chi connectivity index (χ2v) is 9.02. The fourth-order valence-corrected chi connectivity index (χ4v) is 3.99. The molecule has 1 aliphatic rings. The number of carbonyl (C=O) groups excluding carboxylic acids is 2. The van der Waals surface area contributed by atoms with E-state index in [1.807, 2.05) is 66.4 Å². The summed E-state index contributed by atoms with van der Waals surface area (Å²) in [6.07, 6.45) is 3.40. The van der Waals surface area contributed by atoms with Gasteiger partial charge in [0, 0.05) is 37.6 Å². The van der Waals surface area contributed by atoms with Gasteiger partial charge in [0.15, 0.2) is 0 Å². The maximum absolute atomic E-state index is 12.8. The highest BCUT2D eigenvalue weighted by Crippen LogP contribution is 2.18. The maximum Gasteiger partial charge on any atom is 0.321 e. The first-order chi connectivity index (χ1) is 16.0. The molecule has 3 amide bonds. The monoisotopic (exact) mass is 451 g/mol. The minimum absolute atomic E-state index is 0.0546. The number of carbonyl (C=O) groups is 2. The van der Waals surface area contributed by atoms with E-state index >= 15 is 0 Å². The molecular weight excluding hydrogens is 414 g/mol. The summed E-state index contributed by atoms with van der Waals surface area (Å²) in [4.78, 5) is 29.0. The molecular formula is C27H37N3O3. The molecule has 178 valence electrons. The summed E-state index contributed by atoms with van der Waals surface area (Å²) in [7, 11) is 0. The van der Waals surface area contributed by atoms with Crippen molar-refractivity contribution in [2.45, 2.75) is 52.6 Å². The summed E-state index contributed by atoms with van der Waals surface area (Å²) in [5.74, 6) is 0.703. The van der Waals surface area contributed by atoms with Crippen LogP contribution in [0.2, 0.25) is 0 Å². The lowest BCUT2D eigenvalue weighted by molar-refractivity contribution is -0.117. The number of rotatable bonds is 9. The van der Waals surface area contributed by atoms with Crippen LogP contribution in [-0.4, -0.2) is 49.2 Å². The quantitative estimate of drug-likeness (QED) is 0.560. The molecule has 1 aliphatic heterocycles. The molecule has 0 unspecified atom stereocenters. The Hall–Kier alpha value is -2.86. The highest BCUT2D eigenvalue weighted by Gasteiger charge is 2.23. The molecule has 1 saturated heterocycles. The van der Waals surface area contributed by atoms with E-state index in [4.69, 9.17) is 4.74 Å². The van der Waals surface area contributed by atoms with Crippen molar-refractivity contribution in [2.75, 3.05) is 36.5 Å². The SMILES string of the molecule is CCN(C(=O)Cc1ccc(NC(=O)N2CCC(OCCC(C)C)CC2)cc1)c1ccccc1. The number of para-hydroxylation sites is 1. The molecule has 0 aromatic heterocycles. The number of anilines is 2. The van der Waals surface area contributed by atoms with E-state index in [0.29, 0.717) is 32.0 Å². The summed E-state index contributed by atoms with van der Waals surface area (Å²) >= 11 is 0. The van der Waals surface area contributed by atoms with Crippen LogP contribution < -0.4 is 10.2 Å². The van der Waals surface area contributed by atoms with Crippen LogP contribution in [-0.2, 0) is 16.0 Å². The summed E-state index contributed by atoms with van der Waals surface area (Å²) in [5.41, 5.74) is 2.57. The van der Waals surface area contributed by atoms with Crippen LogP contribution in [0.25, 0.3) is 0 Å². The van der Waals surface area contributed by atoms with E-state index in [1.165, 1.54) is 0 Å². The summed E-state index contributed by atoms with van der Waals surface area (Å²) in [5, 5.41) is 2.98. The van der Waals surface area contributed by atoms with Crippen LogP contribution in [0.4, 0.5) is 16.2 Å². The number of piperidine rings is 1. The van der Waals surface area contributed by atoms with Gasteiger partial charge in [-0.15, -0.1) is 0 Å². The molecule has 0 bridgehead atoms. The topological polar surface area (TPSA) is 61.9 Å². The van der Waals surface area contributed by atoms with Crippen molar-refractivity contribution in [3.8, 4) is 0 Å². The zero-order valence-electron chi connectivity index (χ0n) is 20.1. The fourth-order valence-electron chi connectivity index (χ4n) is 3.99. The van der Waals surface area contributed by atoms with Crippen molar-refractivity contribution < 1.29 is 14.3 Å². The molecule has 0 aliphatic carbocycles. The van der Waals surface area contributed by atoms with Gasteiger partial charge in [0.25, 0.3) is 0 Å². The molecule has 2 aromatic rings. The molecule has 1 heterocycles. The van der Waals surface area contributed by atoms with Crippen LogP contribution in [0, 0.1) is 5.92 Å². The predicted octanol–water partition coefficient (Wildman–Crippen LogP) is 5.34. The molecule has 1 N–H and O–H groups in total. The Kier molecular flexibility index (Phi) is 9.31. The largest absolute Gasteiger partial charge is 0.378 e. The van der Waals surface area contributed by atoms with E-state index in [9.17, 15) is 9.59 Å². The molecule has 33 heavy (non-hydrogen) atoms. The van der Waals surface area contributed by atoms with Gasteiger partial charge in [0.2, 0.25) is 5.91 Å². The van der Waals surface area contributed by atoms with Gasteiger partial charge in [0.1, 0.15) is 0 Å². The first-order valence-corrected chi connectivity index (χ1v) is 12.1. The standard InChI is InChI=1S/C27H37N3O3/c1-4-30(24-8-6-5-7-9-24)26(31)20-22-10-12-23(13-11-22)28-27(32)29-17-14-25(15-18-29)33-19-16-21(2)3/h5-13,21,25H,4,14-20H2,1-3H3,(H,28,32). The van der Waals surface area contributed by atoms with Gasteiger partial charge in [-0.2, -0.15) is 0 Å². The van der Waals surface area contributed by atoms with E-state index < -0.39 is 0 Å². The number of likely N-dealkylation sites (tertiary alicyclic amines) is 1. The third-order valence-electron chi connectivity index (χ3n) is 6.02. The van der Waals surface area contributed by atoms with E-state index in [-0.39, 0.29) is 18.0 Å². The molecule has 2 aromatic carbocycles. The van der Waals surface area contributed by atoms with Gasteiger partial charge in [-0.1, -0.05) is 44.2 Å². The van der Waals surface area contributed by atoms with Crippen LogP contribution in [0.5, 0.6) is 0 Å². The number of hydrogen-bond donors (Lipinski definition) is 1. The van der Waals surface area contributed by atoms with Gasteiger partial charge in [-0.05, 0) is 61.9 Å². The molecule has 0 atom stereocenters. The average molecular weight is 452 g/mol. The lowest BCUT2D eigenvalue weighted by Gasteiger charge is -2.32. The van der Waals surface area contributed by atoms with Gasteiger partial charge in [-0.3, -0.25) is 4.79 Å². The molecule has 0 radical (unpaired) electrons. The van der Waals surface area contributed by atoms with Crippen LogP contribution in [0.15, 0.2) is 54.6 Å². The zero-order valence-corrected chi connectivity index (χ0v) is 20.1. The second kappa shape index (κ2) is 12.4. The van der Waals surface area contributed by atoms with Crippen molar-refractivity contribution in [3.05, 3.63) is 60.2 Å². The van der Waals surface area contributed by atoms with Crippen molar-refractivity contribution in [1.29, 1.82) is 0 Å². The number of amides is 3. The molecule has 6 nitrogen and oxygen atoms in total. The van der Waals surface area contributed by atoms with E-state index in [1.54, 1.807) is 4.90 Å². The third-order valence-corrected chi connectivity index (χ3v) is 6.02. The maximum atomic E-state index is 12.8. The number of urea groups is 1. The minimum atomic E-state index is -0.0827. The first kappa shape index (κ1) is 24.8. The third kappa shape index (κ3) is 7.60. The molecule has 3 rings (SSSR count). The summed E-state index contributed by atoms with van der Waals surface area (Å²) in [6.45, 7) is 9.20. The molecule has 0 spiro atoms. The Morgan fingerprint density at radius 3 is 2.33 bits per heavy atom. The van der Waals surface area contributed by atoms with Gasteiger partial charge >= 0.3 is 6.03 Å². The molecule has 6 heteroatoms. The number of nitrogens with zero attached hydrogens (tertiary/aromatic N) is 2. The molecule has 0 saturated carbocycles. The Morgan fingerprint density at radius 2 is 1.73 bits per heavy atom. The van der Waals surface area contributed by atoms with Crippen LogP contribution in [0.1, 0.15) is 45.6 Å². The Labute approximate surface area is 197 Å². The second-order valence-electron chi connectivity index (χ2n) is 9.02. The van der Waals surface area contributed by atoms with Crippen molar-refractivity contribution in [2.24, 2.45) is 5.92 Å². The number of likely N-dealkylation sites (N-methyl/N-ethyl adjacent to an activating group) is 1. The van der Waals surface area contributed by atoms with E-state index in [2.05, 4.69) is 19.2 Å². The predicted molar refractivity (Wildman–Crippen MR) is 134 cm³/mol. The van der Waals surface area contributed by atoms with Gasteiger partial charge in [-0.25, -0.2) is 4.79 Å².